The van der Waals surface area contributed by atoms with E-state index in [2.05, 4.69) is 10.4 Å². The molecule has 1 heterocycles. The molecule has 174 valence electrons. The van der Waals surface area contributed by atoms with Gasteiger partial charge in [0.05, 0.1) is 33.9 Å². The second-order valence-corrected chi connectivity index (χ2v) is 7.53. The number of aromatic nitrogens is 2. The molecule has 0 saturated carbocycles. The molecule has 0 fully saturated rings. The van der Waals surface area contributed by atoms with Gasteiger partial charge in [0, 0.05) is 18.6 Å². The van der Waals surface area contributed by atoms with Gasteiger partial charge in [-0.25, -0.2) is 0 Å². The molecule has 0 bridgehead atoms. The van der Waals surface area contributed by atoms with Crippen LogP contribution in [0.3, 0.4) is 0 Å². The maximum absolute atomic E-state index is 12.9. The van der Waals surface area contributed by atoms with Gasteiger partial charge in [0.1, 0.15) is 11.5 Å². The molecule has 0 radical (unpaired) electrons. The molecule has 0 aliphatic rings. The van der Waals surface area contributed by atoms with Crippen LogP contribution in [-0.4, -0.2) is 20.6 Å². The largest absolute Gasteiger partial charge is 0.457 e. The quantitative estimate of drug-likeness (QED) is 0.334. The summed E-state index contributed by atoms with van der Waals surface area (Å²) in [6.07, 6.45) is -4.96. The lowest BCUT2D eigenvalue weighted by molar-refractivity contribution is -0.384. The number of anilines is 1. The van der Waals surface area contributed by atoms with Crippen molar-refractivity contribution >= 4 is 28.9 Å². The van der Waals surface area contributed by atoms with Gasteiger partial charge in [0.15, 0.2) is 5.69 Å². The number of alkyl halides is 3. The summed E-state index contributed by atoms with van der Waals surface area (Å²) in [6.45, 7) is 3.08. The first-order valence-electron chi connectivity index (χ1n) is 9.58. The fourth-order valence-electron chi connectivity index (χ4n) is 2.92. The monoisotopic (exact) mass is 482 g/mol. The van der Waals surface area contributed by atoms with E-state index in [-0.39, 0.29) is 35.8 Å². The molecule has 1 amide bonds. The first kappa shape index (κ1) is 24.1. The minimum atomic E-state index is -4.72. The Balaban J connectivity index is 1.73. The number of ether oxygens (including phenoxy) is 1. The van der Waals surface area contributed by atoms with E-state index >= 15 is 0 Å². The highest BCUT2D eigenvalue weighted by Crippen LogP contribution is 2.35. The summed E-state index contributed by atoms with van der Waals surface area (Å²) in [7, 11) is 0. The highest BCUT2D eigenvalue weighted by atomic mass is 35.5. The number of hydrogen-bond acceptors (Lipinski definition) is 5. The van der Waals surface area contributed by atoms with E-state index in [1.54, 1.807) is 12.1 Å². The second-order valence-electron chi connectivity index (χ2n) is 7.15. The van der Waals surface area contributed by atoms with Crippen molar-refractivity contribution < 1.29 is 27.6 Å². The van der Waals surface area contributed by atoms with Crippen LogP contribution in [-0.2, 0) is 17.5 Å². The Kier molecular flexibility index (Phi) is 6.92. The van der Waals surface area contributed by atoms with Gasteiger partial charge in [-0.2, -0.15) is 18.3 Å². The molecule has 2 aromatic carbocycles. The topological polar surface area (TPSA) is 99.3 Å². The van der Waals surface area contributed by atoms with E-state index in [4.69, 9.17) is 16.3 Å². The van der Waals surface area contributed by atoms with Gasteiger partial charge < -0.3 is 10.1 Å². The van der Waals surface area contributed by atoms with Crippen molar-refractivity contribution in [1.29, 1.82) is 0 Å². The highest BCUT2D eigenvalue weighted by molar-refractivity contribution is 6.31. The van der Waals surface area contributed by atoms with Gasteiger partial charge in [-0.15, -0.1) is 0 Å². The Morgan fingerprint density at radius 1 is 1.18 bits per heavy atom. The van der Waals surface area contributed by atoms with Crippen LogP contribution in [0.2, 0.25) is 5.02 Å². The van der Waals surface area contributed by atoms with Crippen molar-refractivity contribution in [2.75, 3.05) is 5.32 Å². The van der Waals surface area contributed by atoms with Crippen molar-refractivity contribution in [2.24, 2.45) is 0 Å². The van der Waals surface area contributed by atoms with Crippen LogP contribution in [0.4, 0.5) is 24.5 Å². The molecule has 8 nitrogen and oxygen atoms in total. The number of nitrogens with zero attached hydrogens (tertiary/aromatic N) is 3. The van der Waals surface area contributed by atoms with Crippen LogP contribution in [0.25, 0.3) is 0 Å². The Labute approximate surface area is 191 Å². The zero-order valence-corrected chi connectivity index (χ0v) is 18.2. The number of amides is 1. The number of nitro benzene ring substituents is 1. The summed E-state index contributed by atoms with van der Waals surface area (Å²) < 4.78 is 45.5. The smallest absolute Gasteiger partial charge is 0.436 e. The molecule has 0 saturated heterocycles. The molecule has 0 unspecified atom stereocenters. The Morgan fingerprint density at radius 2 is 1.85 bits per heavy atom. The molecule has 1 aromatic heterocycles. The number of hydrogen-bond donors (Lipinski definition) is 1. The maximum atomic E-state index is 12.9. The summed E-state index contributed by atoms with van der Waals surface area (Å²) in [5.41, 5.74) is -0.355. The molecular formula is C21H18ClF3N4O4. The molecule has 0 atom stereocenters. The van der Waals surface area contributed by atoms with Crippen LogP contribution in [0.15, 0.2) is 42.5 Å². The van der Waals surface area contributed by atoms with Crippen molar-refractivity contribution in [3.63, 3.8) is 0 Å². The van der Waals surface area contributed by atoms with E-state index in [0.29, 0.717) is 5.75 Å². The molecule has 0 aliphatic heterocycles. The number of carbonyl (C=O) groups is 1. The highest BCUT2D eigenvalue weighted by Gasteiger charge is 2.38. The Hall–Kier alpha value is -3.60. The summed E-state index contributed by atoms with van der Waals surface area (Å²) in [4.78, 5) is 23.0. The number of benzene rings is 2. The number of aryl methyl sites for hydroxylation is 2. The number of halogens is 4. The number of non-ortho nitro benzene ring substituents is 1. The predicted octanol–water partition coefficient (Wildman–Crippen LogP) is 5.90. The summed E-state index contributed by atoms with van der Waals surface area (Å²) in [5, 5.41) is 16.7. The zero-order chi connectivity index (χ0) is 24.3. The summed E-state index contributed by atoms with van der Waals surface area (Å²) in [6, 6.07) is 10.8. The molecule has 0 spiro atoms. The van der Waals surface area contributed by atoms with E-state index in [1.807, 2.05) is 19.1 Å². The SMILES string of the molecule is Cc1ccc(Oc2cc(NC(=O)CCn3nc(C(F)(F)F)c(Cl)c3C)cc([N+](=O)[O-])c2)cc1. The number of rotatable bonds is 7. The van der Waals surface area contributed by atoms with Crippen LogP contribution in [0.1, 0.15) is 23.4 Å². The van der Waals surface area contributed by atoms with Crippen molar-refractivity contribution in [3.05, 3.63) is 74.6 Å². The molecule has 3 aromatic rings. The first-order valence-corrected chi connectivity index (χ1v) is 9.96. The van der Waals surface area contributed by atoms with Gasteiger partial charge in [-0.1, -0.05) is 29.3 Å². The number of nitro groups is 1. The number of nitrogens with one attached hydrogen (secondary N) is 1. The van der Waals surface area contributed by atoms with E-state index < -0.39 is 27.7 Å². The van der Waals surface area contributed by atoms with Gasteiger partial charge >= 0.3 is 6.18 Å². The normalized spacial score (nSPS) is 11.3. The van der Waals surface area contributed by atoms with E-state index in [0.717, 1.165) is 16.3 Å². The van der Waals surface area contributed by atoms with Crippen LogP contribution in [0, 0.1) is 24.0 Å². The van der Waals surface area contributed by atoms with Crippen LogP contribution in [0.5, 0.6) is 11.5 Å². The average Bonchev–Trinajstić information content (AvgIpc) is 3.02. The lowest BCUT2D eigenvalue weighted by atomic mass is 10.2. The van der Waals surface area contributed by atoms with Gasteiger partial charge in [-0.05, 0) is 26.0 Å². The average molecular weight is 483 g/mol. The Morgan fingerprint density at radius 3 is 2.42 bits per heavy atom. The van der Waals surface area contributed by atoms with Crippen LogP contribution >= 0.6 is 11.6 Å². The van der Waals surface area contributed by atoms with Gasteiger partial charge in [0.2, 0.25) is 5.91 Å². The second kappa shape index (κ2) is 9.49. The summed E-state index contributed by atoms with van der Waals surface area (Å²) in [5.74, 6) is -0.00545. The molecule has 3 rings (SSSR count). The fourth-order valence-corrected chi connectivity index (χ4v) is 3.16. The first-order chi connectivity index (χ1) is 15.4. The van der Waals surface area contributed by atoms with Gasteiger partial charge in [0.25, 0.3) is 5.69 Å². The fraction of sp³-hybridized carbons (Fsp3) is 0.238. The third-order valence-electron chi connectivity index (χ3n) is 4.60. The lowest BCUT2D eigenvalue weighted by Crippen LogP contribution is -2.16. The van der Waals surface area contributed by atoms with Gasteiger partial charge in [-0.3, -0.25) is 19.6 Å². The van der Waals surface area contributed by atoms with Crippen molar-refractivity contribution in [1.82, 2.24) is 9.78 Å². The van der Waals surface area contributed by atoms with Crippen molar-refractivity contribution in [3.8, 4) is 11.5 Å². The van der Waals surface area contributed by atoms with E-state index in [1.165, 1.54) is 19.1 Å². The van der Waals surface area contributed by atoms with Crippen LogP contribution < -0.4 is 10.1 Å². The standard InChI is InChI=1S/C21H18ClF3N4O4/c1-12-3-5-16(6-4-12)33-17-10-14(9-15(11-17)29(31)32)26-18(30)7-8-28-13(2)19(22)20(27-28)21(23,24)25/h3-6,9-11H,7-8H2,1-2H3,(H,26,30). The molecule has 12 heteroatoms. The zero-order valence-electron chi connectivity index (χ0n) is 17.4. The lowest BCUT2D eigenvalue weighted by Gasteiger charge is -2.10. The third-order valence-corrected chi connectivity index (χ3v) is 5.05. The minimum Gasteiger partial charge on any atom is -0.457 e. The summed E-state index contributed by atoms with van der Waals surface area (Å²) >= 11 is 5.70. The van der Waals surface area contributed by atoms with E-state index in [9.17, 15) is 28.1 Å². The predicted molar refractivity (Wildman–Crippen MR) is 115 cm³/mol. The minimum absolute atomic E-state index is 0.0703. The molecule has 0 aliphatic carbocycles. The molecular weight excluding hydrogens is 465 g/mol. The number of carbonyl (C=O) groups excluding carboxylic acids is 1. The molecule has 33 heavy (non-hydrogen) atoms. The third kappa shape index (κ3) is 6.01. The Bertz CT molecular complexity index is 1190. The maximum Gasteiger partial charge on any atom is 0.436 e. The van der Waals surface area contributed by atoms with Crippen molar-refractivity contribution in [2.45, 2.75) is 33.0 Å². The molecule has 1 N–H and O–H groups in total.